The molecule has 0 unspecified atom stereocenters. The van der Waals surface area contributed by atoms with E-state index in [1.807, 2.05) is 23.6 Å². The van der Waals surface area contributed by atoms with Crippen LogP contribution in [0.5, 0.6) is 5.88 Å². The van der Waals surface area contributed by atoms with Crippen molar-refractivity contribution in [3.63, 3.8) is 0 Å². The number of likely N-dealkylation sites (tertiary alicyclic amines) is 1. The minimum Gasteiger partial charge on any atom is -0.481 e. The third-order valence-corrected chi connectivity index (χ3v) is 6.91. The lowest BCUT2D eigenvalue weighted by Crippen LogP contribution is -2.42. The van der Waals surface area contributed by atoms with Gasteiger partial charge in [0.25, 0.3) is 0 Å². The predicted octanol–water partition coefficient (Wildman–Crippen LogP) is 4.75. The molecule has 1 saturated heterocycles. The van der Waals surface area contributed by atoms with Gasteiger partial charge in [0.15, 0.2) is 0 Å². The molecular formula is C22H32N2O2S. The zero-order valence-electron chi connectivity index (χ0n) is 17.0. The van der Waals surface area contributed by atoms with Crippen LogP contribution in [0.4, 0.5) is 0 Å². The van der Waals surface area contributed by atoms with Crippen molar-refractivity contribution in [2.45, 2.75) is 45.6 Å². The van der Waals surface area contributed by atoms with Gasteiger partial charge in [0.05, 0.1) is 13.7 Å². The molecule has 0 bridgehead atoms. The van der Waals surface area contributed by atoms with Crippen molar-refractivity contribution in [3.05, 3.63) is 46.3 Å². The van der Waals surface area contributed by atoms with E-state index >= 15 is 0 Å². The Balaban J connectivity index is 1.72. The number of nitrogens with zero attached hydrogens (tertiary/aromatic N) is 2. The van der Waals surface area contributed by atoms with Crippen LogP contribution in [0.2, 0.25) is 0 Å². The molecule has 1 fully saturated rings. The summed E-state index contributed by atoms with van der Waals surface area (Å²) in [6.45, 7) is 10.5. The van der Waals surface area contributed by atoms with Crippen LogP contribution in [0.3, 0.4) is 0 Å². The summed E-state index contributed by atoms with van der Waals surface area (Å²) < 4.78 is 11.1. The first-order valence-corrected chi connectivity index (χ1v) is 10.7. The fourth-order valence-corrected chi connectivity index (χ4v) is 4.72. The van der Waals surface area contributed by atoms with Gasteiger partial charge in [0, 0.05) is 41.2 Å². The molecule has 3 heterocycles. The maximum atomic E-state index is 5.94. The van der Waals surface area contributed by atoms with Crippen molar-refractivity contribution in [2.75, 3.05) is 33.4 Å². The largest absolute Gasteiger partial charge is 0.481 e. The first kappa shape index (κ1) is 20.3. The topological polar surface area (TPSA) is 34.6 Å². The molecule has 2 aromatic rings. The molecule has 2 aromatic heterocycles. The lowest BCUT2D eigenvalue weighted by atomic mass is 9.82. The number of rotatable bonds is 9. The summed E-state index contributed by atoms with van der Waals surface area (Å²) in [6.07, 6.45) is 5.46. The van der Waals surface area contributed by atoms with Gasteiger partial charge in [0.2, 0.25) is 5.88 Å². The fraction of sp³-hybridized carbons (Fsp3) is 0.591. The molecule has 1 atom stereocenters. The summed E-state index contributed by atoms with van der Waals surface area (Å²) in [7, 11) is 1.66. The summed E-state index contributed by atoms with van der Waals surface area (Å²) in [6, 6.07) is 8.49. The van der Waals surface area contributed by atoms with E-state index in [-0.39, 0.29) is 11.0 Å². The van der Waals surface area contributed by atoms with Crippen LogP contribution in [0.15, 0.2) is 35.8 Å². The summed E-state index contributed by atoms with van der Waals surface area (Å²) in [4.78, 5) is 8.49. The van der Waals surface area contributed by atoms with E-state index in [9.17, 15) is 0 Å². The first-order valence-electron chi connectivity index (χ1n) is 9.85. The predicted molar refractivity (Wildman–Crippen MR) is 112 cm³/mol. The van der Waals surface area contributed by atoms with Gasteiger partial charge < -0.3 is 9.47 Å². The molecule has 27 heavy (non-hydrogen) atoms. The Hall–Kier alpha value is -1.43. The minimum absolute atomic E-state index is 0.0594. The van der Waals surface area contributed by atoms with Crippen LogP contribution in [0.25, 0.3) is 0 Å². The molecule has 0 saturated carbocycles. The van der Waals surface area contributed by atoms with Crippen LogP contribution < -0.4 is 4.74 Å². The third-order valence-electron chi connectivity index (χ3n) is 5.98. The third kappa shape index (κ3) is 4.71. The SMILES string of the molecule is CCOC[C@]1(CCc2cccs2)CCN(C(C)(C)c2ccc(OC)nc2)C1. The molecular weight excluding hydrogens is 356 g/mol. The lowest BCUT2D eigenvalue weighted by molar-refractivity contribution is 0.0386. The lowest BCUT2D eigenvalue weighted by Gasteiger charge is -2.38. The van der Waals surface area contributed by atoms with Gasteiger partial charge in [0.1, 0.15) is 0 Å². The van der Waals surface area contributed by atoms with Gasteiger partial charge in [-0.05, 0) is 63.6 Å². The number of thiophene rings is 1. The van der Waals surface area contributed by atoms with Gasteiger partial charge in [-0.25, -0.2) is 4.98 Å². The Bertz CT molecular complexity index is 700. The van der Waals surface area contributed by atoms with Crippen molar-refractivity contribution in [1.29, 1.82) is 0 Å². The van der Waals surface area contributed by atoms with Crippen molar-refractivity contribution in [2.24, 2.45) is 5.41 Å². The van der Waals surface area contributed by atoms with Crippen LogP contribution in [-0.4, -0.2) is 43.3 Å². The summed E-state index contributed by atoms with van der Waals surface area (Å²) in [5, 5.41) is 2.17. The summed E-state index contributed by atoms with van der Waals surface area (Å²) in [5.41, 5.74) is 1.40. The molecule has 148 valence electrons. The number of hydrogen-bond acceptors (Lipinski definition) is 5. The molecule has 1 aliphatic rings. The highest BCUT2D eigenvalue weighted by molar-refractivity contribution is 7.09. The van der Waals surface area contributed by atoms with Crippen LogP contribution in [0.1, 0.15) is 44.1 Å². The highest BCUT2D eigenvalue weighted by atomic mass is 32.1. The second-order valence-corrected chi connectivity index (χ2v) is 9.07. The summed E-state index contributed by atoms with van der Waals surface area (Å²) in [5.74, 6) is 0.664. The molecule has 4 nitrogen and oxygen atoms in total. The van der Waals surface area contributed by atoms with E-state index in [0.717, 1.165) is 32.7 Å². The Morgan fingerprint density at radius 2 is 2.15 bits per heavy atom. The maximum Gasteiger partial charge on any atom is 0.212 e. The van der Waals surface area contributed by atoms with Gasteiger partial charge in [-0.15, -0.1) is 11.3 Å². The summed E-state index contributed by atoms with van der Waals surface area (Å²) >= 11 is 1.86. The van der Waals surface area contributed by atoms with E-state index in [4.69, 9.17) is 9.47 Å². The maximum absolute atomic E-state index is 5.94. The van der Waals surface area contributed by atoms with Crippen LogP contribution in [-0.2, 0) is 16.7 Å². The number of aryl methyl sites for hydroxylation is 1. The molecule has 0 radical (unpaired) electrons. The second-order valence-electron chi connectivity index (χ2n) is 8.04. The average Bonchev–Trinajstić information content (AvgIpc) is 3.35. The molecule has 5 heteroatoms. The quantitative estimate of drug-likeness (QED) is 0.621. The van der Waals surface area contributed by atoms with Crippen molar-refractivity contribution < 1.29 is 9.47 Å². The second kappa shape index (κ2) is 8.72. The van der Waals surface area contributed by atoms with Gasteiger partial charge in [-0.1, -0.05) is 12.1 Å². The van der Waals surface area contributed by atoms with Gasteiger partial charge in [-0.3, -0.25) is 4.90 Å². The number of aromatic nitrogens is 1. The van der Waals surface area contributed by atoms with Crippen molar-refractivity contribution >= 4 is 11.3 Å². The molecule has 1 aliphatic heterocycles. The smallest absolute Gasteiger partial charge is 0.212 e. The average molecular weight is 389 g/mol. The van der Waals surface area contributed by atoms with E-state index in [0.29, 0.717) is 5.88 Å². The Morgan fingerprint density at radius 3 is 2.78 bits per heavy atom. The zero-order valence-corrected chi connectivity index (χ0v) is 17.8. The molecule has 0 aromatic carbocycles. The normalized spacial score (nSPS) is 20.9. The highest BCUT2D eigenvalue weighted by Gasteiger charge is 2.43. The van der Waals surface area contributed by atoms with Gasteiger partial charge in [-0.2, -0.15) is 0 Å². The Kier molecular flexibility index (Phi) is 6.56. The van der Waals surface area contributed by atoms with Crippen LogP contribution in [0, 0.1) is 5.41 Å². The van der Waals surface area contributed by atoms with Crippen molar-refractivity contribution in [1.82, 2.24) is 9.88 Å². The van der Waals surface area contributed by atoms with Crippen LogP contribution >= 0.6 is 11.3 Å². The highest BCUT2D eigenvalue weighted by Crippen LogP contribution is 2.42. The fourth-order valence-electron chi connectivity index (χ4n) is 4.01. The number of methoxy groups -OCH3 is 1. The standard InChI is InChI=1S/C22H32N2O2S/c1-5-26-17-22(11-10-19-7-6-14-27-19)12-13-24(16-22)21(2,3)18-8-9-20(25-4)23-15-18/h6-9,14-15H,5,10-13,16-17H2,1-4H3/t22-/m1/s1. The molecule has 0 aliphatic carbocycles. The molecule has 3 rings (SSSR count). The number of hydrogen-bond donors (Lipinski definition) is 0. The molecule has 0 spiro atoms. The Labute approximate surface area is 167 Å². The minimum atomic E-state index is -0.0594. The first-order chi connectivity index (χ1) is 13.0. The van der Waals surface area contributed by atoms with Gasteiger partial charge >= 0.3 is 0 Å². The monoisotopic (exact) mass is 388 g/mol. The van der Waals surface area contributed by atoms with E-state index in [1.165, 1.54) is 23.3 Å². The zero-order chi connectivity index (χ0) is 19.3. The van der Waals surface area contributed by atoms with E-state index < -0.39 is 0 Å². The molecule has 0 amide bonds. The molecule has 0 N–H and O–H groups in total. The van der Waals surface area contributed by atoms with E-state index in [1.54, 1.807) is 7.11 Å². The van der Waals surface area contributed by atoms with Crippen molar-refractivity contribution in [3.8, 4) is 5.88 Å². The number of pyridine rings is 1. The van der Waals surface area contributed by atoms with E-state index in [2.05, 4.69) is 54.2 Å². The number of ether oxygens (including phenoxy) is 2. The Morgan fingerprint density at radius 1 is 1.30 bits per heavy atom.